The van der Waals surface area contributed by atoms with Crippen molar-refractivity contribution in [1.82, 2.24) is 4.72 Å². The zero-order valence-electron chi connectivity index (χ0n) is 16.7. The van der Waals surface area contributed by atoms with E-state index in [1.165, 1.54) is 6.07 Å². The Hall–Kier alpha value is -2.43. The molecule has 2 atom stereocenters. The molecule has 0 saturated heterocycles. The average Bonchev–Trinajstić information content (AvgIpc) is 3.26. The van der Waals surface area contributed by atoms with Gasteiger partial charge in [0.1, 0.15) is 22.1 Å². The molecule has 1 fully saturated rings. The van der Waals surface area contributed by atoms with E-state index in [0.717, 1.165) is 21.8 Å². The first-order chi connectivity index (χ1) is 15.2. The van der Waals surface area contributed by atoms with Gasteiger partial charge in [0.05, 0.1) is 6.61 Å². The van der Waals surface area contributed by atoms with Crippen molar-refractivity contribution in [2.75, 3.05) is 13.2 Å². The first-order valence-electron chi connectivity index (χ1n) is 9.72. The summed E-state index contributed by atoms with van der Waals surface area (Å²) in [5.41, 5.74) is -0.157. The maximum absolute atomic E-state index is 13.0. The lowest BCUT2D eigenvalue weighted by atomic mass is 10.1. The number of sulfonamides is 1. The summed E-state index contributed by atoms with van der Waals surface area (Å²) in [4.78, 5) is 12.8. The van der Waals surface area contributed by atoms with E-state index >= 15 is 0 Å². The van der Waals surface area contributed by atoms with Gasteiger partial charge in [-0.25, -0.2) is 8.42 Å². The molecule has 1 aliphatic carbocycles. The molecule has 0 amide bonds. The molecule has 4 rings (SSSR count). The van der Waals surface area contributed by atoms with Crippen LogP contribution >= 0.6 is 22.9 Å². The summed E-state index contributed by atoms with van der Waals surface area (Å²) in [6.45, 7) is -0.0372. The molecule has 1 saturated carbocycles. The predicted molar refractivity (Wildman–Crippen MR) is 122 cm³/mol. The minimum Gasteiger partial charge on any atom is -0.491 e. The molecule has 0 bridgehead atoms. The number of benzene rings is 2. The highest BCUT2D eigenvalue weighted by molar-refractivity contribution is 7.91. The Morgan fingerprint density at radius 1 is 1.19 bits per heavy atom. The van der Waals surface area contributed by atoms with E-state index in [-0.39, 0.29) is 23.8 Å². The van der Waals surface area contributed by atoms with Crippen LogP contribution in [0, 0.1) is 0 Å². The predicted octanol–water partition coefficient (Wildman–Crippen LogP) is 3.73. The largest absolute Gasteiger partial charge is 0.491 e. The van der Waals surface area contributed by atoms with Crippen LogP contribution in [0.5, 0.6) is 5.75 Å². The Morgan fingerprint density at radius 3 is 2.62 bits per heavy atom. The zero-order chi connectivity index (χ0) is 22.9. The number of nitrogens with one attached hydrogen (secondary N) is 1. The van der Waals surface area contributed by atoms with Crippen LogP contribution in [-0.2, 0) is 14.8 Å². The van der Waals surface area contributed by atoms with E-state index in [2.05, 4.69) is 4.72 Å². The van der Waals surface area contributed by atoms with Gasteiger partial charge in [0, 0.05) is 15.8 Å². The summed E-state index contributed by atoms with van der Waals surface area (Å²) in [5.74, 6) is -1.29. The molecule has 2 aromatic carbocycles. The normalized spacial score (nSPS) is 20.1. The number of halogens is 1. The van der Waals surface area contributed by atoms with E-state index in [9.17, 15) is 18.3 Å². The fraction of sp³-hybridized carbons (Fsp3) is 0.227. The standard InChI is InChI=1S/C22H20ClNO6S2/c23-16-6-4-14(5-7-16)19-8-9-20(31-19)32(28,29)24-22(21(26)27)13-18(22)15-2-1-3-17(12-15)30-11-10-25/h1-9,12,18,24-25H,10-11,13H2,(H,26,27)/t18-,22+/m0/s1. The summed E-state index contributed by atoms with van der Waals surface area (Å²) in [6.07, 6.45) is 0.125. The SMILES string of the molecule is O=C(O)[C@@]1(NS(=O)(=O)c2ccc(-c3ccc(Cl)cc3)s2)C[C@H]1c1cccc(OCCO)c1. The van der Waals surface area contributed by atoms with Gasteiger partial charge in [-0.05, 0) is 53.9 Å². The molecule has 0 radical (unpaired) electrons. The van der Waals surface area contributed by atoms with Crippen LogP contribution in [0.2, 0.25) is 5.02 Å². The summed E-state index contributed by atoms with van der Waals surface area (Å²) in [5, 5.41) is 19.4. The topological polar surface area (TPSA) is 113 Å². The summed E-state index contributed by atoms with van der Waals surface area (Å²) in [6, 6.07) is 17.0. The number of hydrogen-bond donors (Lipinski definition) is 3. The van der Waals surface area contributed by atoms with Crippen LogP contribution in [-0.4, -0.2) is 43.4 Å². The van der Waals surface area contributed by atoms with Crippen LogP contribution in [0.25, 0.3) is 10.4 Å². The van der Waals surface area contributed by atoms with Gasteiger partial charge < -0.3 is 14.9 Å². The number of carboxylic acids is 1. The molecule has 3 aromatic rings. The summed E-state index contributed by atoms with van der Waals surface area (Å²) < 4.78 is 33.9. The van der Waals surface area contributed by atoms with E-state index < -0.39 is 27.4 Å². The maximum Gasteiger partial charge on any atom is 0.325 e. The third-order valence-corrected chi connectivity index (χ3v) is 8.64. The van der Waals surface area contributed by atoms with Crippen molar-refractivity contribution in [3.63, 3.8) is 0 Å². The maximum atomic E-state index is 13.0. The molecule has 32 heavy (non-hydrogen) atoms. The quantitative estimate of drug-likeness (QED) is 0.418. The van der Waals surface area contributed by atoms with Crippen LogP contribution in [0.4, 0.5) is 0 Å². The fourth-order valence-corrected chi connectivity index (χ4v) is 6.41. The van der Waals surface area contributed by atoms with Gasteiger partial charge in [-0.1, -0.05) is 35.9 Å². The van der Waals surface area contributed by atoms with Crippen molar-refractivity contribution in [1.29, 1.82) is 0 Å². The van der Waals surface area contributed by atoms with Crippen LogP contribution in [0.3, 0.4) is 0 Å². The number of thiophene rings is 1. The van der Waals surface area contributed by atoms with Crippen molar-refractivity contribution < 1.29 is 28.2 Å². The highest BCUT2D eigenvalue weighted by Crippen LogP contribution is 2.53. The molecule has 0 unspecified atom stereocenters. The first kappa shape index (κ1) is 22.8. The van der Waals surface area contributed by atoms with Gasteiger partial charge in [0.15, 0.2) is 0 Å². The molecular weight excluding hydrogens is 474 g/mol. The Balaban J connectivity index is 1.56. The lowest BCUT2D eigenvalue weighted by molar-refractivity contribution is -0.140. The lowest BCUT2D eigenvalue weighted by Gasteiger charge is -2.15. The van der Waals surface area contributed by atoms with E-state index in [0.29, 0.717) is 16.3 Å². The Bertz CT molecular complexity index is 1240. The number of rotatable bonds is 9. The van der Waals surface area contributed by atoms with Gasteiger partial charge in [0.25, 0.3) is 10.0 Å². The highest BCUT2D eigenvalue weighted by Gasteiger charge is 2.63. The van der Waals surface area contributed by atoms with Gasteiger partial charge in [-0.15, -0.1) is 11.3 Å². The fourth-order valence-electron chi connectivity index (χ4n) is 3.57. The molecular formula is C22H20ClNO6S2. The average molecular weight is 494 g/mol. The smallest absolute Gasteiger partial charge is 0.325 e. The zero-order valence-corrected chi connectivity index (χ0v) is 19.1. The van der Waals surface area contributed by atoms with Gasteiger partial charge >= 0.3 is 5.97 Å². The molecule has 7 nitrogen and oxygen atoms in total. The monoisotopic (exact) mass is 493 g/mol. The Kier molecular flexibility index (Phi) is 6.28. The number of carbonyl (C=O) groups is 1. The summed E-state index contributed by atoms with van der Waals surface area (Å²) in [7, 11) is -4.06. The Labute approximate surface area is 194 Å². The van der Waals surface area contributed by atoms with Crippen molar-refractivity contribution in [3.8, 4) is 16.2 Å². The van der Waals surface area contributed by atoms with Crippen LogP contribution < -0.4 is 9.46 Å². The number of carboxylic acid groups (broad SMARTS) is 1. The van der Waals surface area contributed by atoms with Crippen molar-refractivity contribution in [2.45, 2.75) is 22.1 Å². The minimum atomic E-state index is -4.06. The minimum absolute atomic E-state index is 0.0359. The molecule has 1 aliphatic rings. The third-order valence-electron chi connectivity index (χ3n) is 5.25. The number of aliphatic carboxylic acids is 1. The second kappa shape index (κ2) is 8.84. The molecule has 10 heteroatoms. The molecule has 168 valence electrons. The second-order valence-corrected chi connectivity index (χ2v) is 10.8. The third kappa shape index (κ3) is 4.53. The number of ether oxygens (including phenoxy) is 1. The molecule has 1 heterocycles. The van der Waals surface area contributed by atoms with Gasteiger partial charge in [-0.2, -0.15) is 4.72 Å². The lowest BCUT2D eigenvalue weighted by Crippen LogP contribution is -2.44. The van der Waals surface area contributed by atoms with E-state index in [1.54, 1.807) is 54.6 Å². The van der Waals surface area contributed by atoms with Crippen LogP contribution in [0.15, 0.2) is 64.9 Å². The molecule has 3 N–H and O–H groups in total. The van der Waals surface area contributed by atoms with Gasteiger partial charge in [0.2, 0.25) is 0 Å². The van der Waals surface area contributed by atoms with Crippen molar-refractivity contribution >= 4 is 38.9 Å². The van der Waals surface area contributed by atoms with E-state index in [1.807, 2.05) is 0 Å². The summed E-state index contributed by atoms with van der Waals surface area (Å²) >= 11 is 6.97. The number of hydrogen-bond acceptors (Lipinski definition) is 6. The first-order valence-corrected chi connectivity index (χ1v) is 12.4. The molecule has 0 aliphatic heterocycles. The van der Waals surface area contributed by atoms with Crippen LogP contribution in [0.1, 0.15) is 17.9 Å². The van der Waals surface area contributed by atoms with E-state index in [4.69, 9.17) is 21.4 Å². The Morgan fingerprint density at radius 2 is 1.94 bits per heavy atom. The second-order valence-electron chi connectivity index (χ2n) is 7.41. The molecule has 0 spiro atoms. The highest BCUT2D eigenvalue weighted by atomic mass is 35.5. The number of aliphatic hydroxyl groups is 1. The molecule has 1 aromatic heterocycles. The van der Waals surface area contributed by atoms with Crippen molar-refractivity contribution in [2.24, 2.45) is 0 Å². The van der Waals surface area contributed by atoms with Crippen molar-refractivity contribution in [3.05, 3.63) is 71.2 Å². The number of aliphatic hydroxyl groups excluding tert-OH is 1. The van der Waals surface area contributed by atoms with Gasteiger partial charge in [-0.3, -0.25) is 4.79 Å².